The van der Waals surface area contributed by atoms with Gasteiger partial charge in [-0.1, -0.05) is 53.9 Å². The van der Waals surface area contributed by atoms with Crippen molar-refractivity contribution in [1.82, 2.24) is 10.2 Å². The number of nitrogens with zero attached hydrogens (tertiary/aromatic N) is 2. The number of halogens is 3. The Morgan fingerprint density at radius 1 is 1.03 bits per heavy atom. The summed E-state index contributed by atoms with van der Waals surface area (Å²) in [5, 5.41) is 3.72. The average molecular weight is 549 g/mol. The maximum Gasteiger partial charge on any atom is 0.244 e. The van der Waals surface area contributed by atoms with Gasteiger partial charge in [0.2, 0.25) is 21.8 Å². The second-order valence-corrected chi connectivity index (χ2v) is 11.2. The number of sulfonamides is 1. The molecule has 2 aromatic carbocycles. The van der Waals surface area contributed by atoms with Gasteiger partial charge < -0.3 is 10.2 Å². The lowest BCUT2D eigenvalue weighted by molar-refractivity contribution is -0.139. The molecule has 0 spiro atoms. The van der Waals surface area contributed by atoms with E-state index in [0.29, 0.717) is 10.6 Å². The average Bonchev–Trinajstić information content (AvgIpc) is 2.76. The Labute approximate surface area is 216 Å². The molecular formula is C23H28Cl3N3O4S. The van der Waals surface area contributed by atoms with E-state index >= 15 is 0 Å². The molecule has 2 amide bonds. The number of rotatable bonds is 10. The first kappa shape index (κ1) is 28.2. The van der Waals surface area contributed by atoms with Crippen LogP contribution in [0.1, 0.15) is 32.8 Å². The first-order valence-corrected chi connectivity index (χ1v) is 13.6. The van der Waals surface area contributed by atoms with Gasteiger partial charge in [-0.2, -0.15) is 0 Å². The van der Waals surface area contributed by atoms with Crippen LogP contribution in [-0.4, -0.2) is 50.0 Å². The van der Waals surface area contributed by atoms with Crippen molar-refractivity contribution in [1.29, 1.82) is 0 Å². The zero-order valence-corrected chi connectivity index (χ0v) is 22.5. The van der Waals surface area contributed by atoms with Crippen molar-refractivity contribution < 1.29 is 18.0 Å². The van der Waals surface area contributed by atoms with Crippen LogP contribution in [0, 0.1) is 0 Å². The molecule has 34 heavy (non-hydrogen) atoms. The zero-order valence-electron chi connectivity index (χ0n) is 19.4. The van der Waals surface area contributed by atoms with Crippen LogP contribution in [0.25, 0.3) is 0 Å². The second-order valence-electron chi connectivity index (χ2n) is 8.01. The van der Waals surface area contributed by atoms with Crippen LogP contribution in [-0.2, 0) is 26.2 Å². The molecule has 0 fully saturated rings. The van der Waals surface area contributed by atoms with Crippen LogP contribution in [0.3, 0.4) is 0 Å². The minimum Gasteiger partial charge on any atom is -0.352 e. The number of hydrogen-bond acceptors (Lipinski definition) is 4. The van der Waals surface area contributed by atoms with Gasteiger partial charge in [-0.25, -0.2) is 8.42 Å². The molecule has 0 bridgehead atoms. The summed E-state index contributed by atoms with van der Waals surface area (Å²) in [5.74, 6) is -0.940. The fourth-order valence-electron chi connectivity index (χ4n) is 3.15. The van der Waals surface area contributed by atoms with Gasteiger partial charge in [-0.05, 0) is 56.2 Å². The molecule has 0 aliphatic heterocycles. The number of hydrogen-bond donors (Lipinski definition) is 1. The van der Waals surface area contributed by atoms with Gasteiger partial charge >= 0.3 is 0 Å². The number of benzene rings is 2. The van der Waals surface area contributed by atoms with Gasteiger partial charge in [-0.15, -0.1) is 0 Å². The Balaban J connectivity index is 2.43. The summed E-state index contributed by atoms with van der Waals surface area (Å²) in [6, 6.07) is 10.3. The van der Waals surface area contributed by atoms with E-state index in [-0.39, 0.29) is 34.2 Å². The first-order valence-electron chi connectivity index (χ1n) is 10.6. The Morgan fingerprint density at radius 3 is 2.26 bits per heavy atom. The maximum absolute atomic E-state index is 13.5. The fraction of sp³-hybridized carbons (Fsp3) is 0.391. The molecule has 0 unspecified atom stereocenters. The molecule has 2 rings (SSSR count). The zero-order chi connectivity index (χ0) is 25.6. The topological polar surface area (TPSA) is 86.8 Å². The summed E-state index contributed by atoms with van der Waals surface area (Å²) in [7, 11) is -3.91. The number of carbonyl (C=O) groups excluding carboxylic acids is 2. The van der Waals surface area contributed by atoms with E-state index in [1.807, 2.05) is 13.8 Å². The fourth-order valence-corrected chi connectivity index (χ4v) is 4.65. The molecule has 2 aromatic rings. The lowest BCUT2D eigenvalue weighted by Gasteiger charge is -2.32. The second kappa shape index (κ2) is 12.1. The lowest BCUT2D eigenvalue weighted by Crippen LogP contribution is -2.52. The minimum atomic E-state index is -3.91. The van der Waals surface area contributed by atoms with Crippen LogP contribution in [0.2, 0.25) is 15.1 Å². The van der Waals surface area contributed by atoms with Gasteiger partial charge in [0.1, 0.15) is 12.6 Å². The Hall–Kier alpha value is -2.00. The third-order valence-corrected chi connectivity index (χ3v) is 7.18. The van der Waals surface area contributed by atoms with Gasteiger partial charge in [-0.3, -0.25) is 13.9 Å². The van der Waals surface area contributed by atoms with Crippen molar-refractivity contribution in [3.8, 4) is 0 Å². The third kappa shape index (κ3) is 7.77. The summed E-state index contributed by atoms with van der Waals surface area (Å²) in [6.45, 7) is 4.87. The van der Waals surface area contributed by atoms with E-state index in [9.17, 15) is 18.0 Å². The van der Waals surface area contributed by atoms with Crippen LogP contribution < -0.4 is 9.62 Å². The summed E-state index contributed by atoms with van der Waals surface area (Å²) < 4.78 is 26.1. The predicted molar refractivity (Wildman–Crippen MR) is 138 cm³/mol. The van der Waals surface area contributed by atoms with Crippen molar-refractivity contribution in [3.05, 3.63) is 63.1 Å². The van der Waals surface area contributed by atoms with E-state index in [1.54, 1.807) is 31.2 Å². The molecule has 186 valence electrons. The van der Waals surface area contributed by atoms with Crippen LogP contribution in [0.5, 0.6) is 0 Å². The SMILES string of the molecule is CC[C@H](C)NC(=O)[C@H](C)N(Cc1cccc(Cl)c1)C(=O)CN(c1cc(Cl)ccc1Cl)S(C)(=O)=O. The summed E-state index contributed by atoms with van der Waals surface area (Å²) >= 11 is 18.4. The molecule has 11 heteroatoms. The van der Waals surface area contributed by atoms with Crippen molar-refractivity contribution in [3.63, 3.8) is 0 Å². The highest BCUT2D eigenvalue weighted by atomic mass is 35.5. The van der Waals surface area contributed by atoms with Gasteiger partial charge in [0, 0.05) is 22.6 Å². The van der Waals surface area contributed by atoms with E-state index in [2.05, 4.69) is 5.32 Å². The van der Waals surface area contributed by atoms with Crippen LogP contribution >= 0.6 is 34.8 Å². The van der Waals surface area contributed by atoms with Gasteiger partial charge in [0.15, 0.2) is 0 Å². The number of amides is 2. The monoisotopic (exact) mass is 547 g/mol. The molecule has 0 saturated carbocycles. The van der Waals surface area contributed by atoms with Gasteiger partial charge in [0.25, 0.3) is 0 Å². The molecule has 0 radical (unpaired) electrons. The third-order valence-electron chi connectivity index (χ3n) is 5.27. The lowest BCUT2D eigenvalue weighted by atomic mass is 10.1. The van der Waals surface area contributed by atoms with Crippen LogP contribution in [0.4, 0.5) is 5.69 Å². The molecule has 0 aliphatic carbocycles. The number of carbonyl (C=O) groups is 2. The maximum atomic E-state index is 13.5. The molecular weight excluding hydrogens is 521 g/mol. The van der Waals surface area contributed by atoms with E-state index in [1.165, 1.54) is 23.1 Å². The quantitative estimate of drug-likeness (QED) is 0.464. The van der Waals surface area contributed by atoms with Crippen molar-refractivity contribution in [2.45, 2.75) is 45.8 Å². The molecule has 0 heterocycles. The Kier molecular flexibility index (Phi) is 10.1. The molecule has 2 atom stereocenters. The number of nitrogens with one attached hydrogen (secondary N) is 1. The largest absolute Gasteiger partial charge is 0.352 e. The molecule has 0 aromatic heterocycles. The summed E-state index contributed by atoms with van der Waals surface area (Å²) in [6.07, 6.45) is 1.69. The van der Waals surface area contributed by atoms with Gasteiger partial charge in [0.05, 0.1) is 17.0 Å². The van der Waals surface area contributed by atoms with E-state index in [4.69, 9.17) is 34.8 Å². The number of anilines is 1. The van der Waals surface area contributed by atoms with Crippen LogP contribution in [0.15, 0.2) is 42.5 Å². The highest BCUT2D eigenvalue weighted by molar-refractivity contribution is 7.92. The minimum absolute atomic E-state index is 0.0510. The molecule has 0 aliphatic rings. The highest BCUT2D eigenvalue weighted by Gasteiger charge is 2.31. The van der Waals surface area contributed by atoms with E-state index < -0.39 is 28.5 Å². The van der Waals surface area contributed by atoms with Crippen molar-refractivity contribution in [2.75, 3.05) is 17.1 Å². The molecule has 1 N–H and O–H groups in total. The van der Waals surface area contributed by atoms with Crippen molar-refractivity contribution in [2.24, 2.45) is 0 Å². The summed E-state index contributed by atoms with van der Waals surface area (Å²) in [4.78, 5) is 27.7. The Bertz CT molecular complexity index is 1140. The van der Waals surface area contributed by atoms with E-state index in [0.717, 1.165) is 17.0 Å². The smallest absolute Gasteiger partial charge is 0.244 e. The first-order chi connectivity index (χ1) is 15.8. The normalized spacial score (nSPS) is 13.1. The summed E-state index contributed by atoms with van der Waals surface area (Å²) in [5.41, 5.74) is 0.764. The predicted octanol–water partition coefficient (Wildman–Crippen LogP) is 4.74. The highest BCUT2D eigenvalue weighted by Crippen LogP contribution is 2.31. The molecule has 0 saturated heterocycles. The Morgan fingerprint density at radius 2 is 1.68 bits per heavy atom. The molecule has 7 nitrogen and oxygen atoms in total. The standard InChI is InChI=1S/C23H28Cl3N3O4S/c1-5-15(2)27-23(31)16(3)28(13-17-7-6-8-18(24)11-17)22(30)14-29(34(4,32)33)21-12-19(25)9-10-20(21)26/h6-12,15-16H,5,13-14H2,1-4H3,(H,27,31)/t15-,16-/m0/s1. The van der Waals surface area contributed by atoms with Crippen molar-refractivity contribution >= 4 is 62.3 Å².